The van der Waals surface area contributed by atoms with Crippen LogP contribution in [-0.2, 0) is 4.79 Å². The molecule has 8 heteroatoms. The number of nitrogens with one attached hydrogen (secondary N) is 1. The van der Waals surface area contributed by atoms with Crippen LogP contribution in [0.2, 0.25) is 5.02 Å². The van der Waals surface area contributed by atoms with E-state index in [1.807, 2.05) is 0 Å². The highest BCUT2D eigenvalue weighted by Gasteiger charge is 2.30. The quantitative estimate of drug-likeness (QED) is 0.687. The molecule has 2 aliphatic heterocycles. The maximum absolute atomic E-state index is 13.2. The van der Waals surface area contributed by atoms with Crippen molar-refractivity contribution in [2.75, 3.05) is 31.1 Å². The number of amides is 2. The molecule has 164 valence electrons. The van der Waals surface area contributed by atoms with E-state index in [-0.39, 0.29) is 24.2 Å². The Hall–Kier alpha value is -2.64. The number of hydrogen-bond donors (Lipinski definition) is 1. The molecule has 1 saturated heterocycles. The highest BCUT2D eigenvalue weighted by atomic mass is 35.5. The molecule has 0 aliphatic carbocycles. The normalized spacial score (nSPS) is 18.6. The van der Waals surface area contributed by atoms with Crippen LogP contribution in [0.25, 0.3) is 0 Å². The molecule has 2 amide bonds. The summed E-state index contributed by atoms with van der Waals surface area (Å²) >= 11 is 6.16. The summed E-state index contributed by atoms with van der Waals surface area (Å²) in [6.07, 6.45) is 6.22. The highest BCUT2D eigenvalue weighted by molar-refractivity contribution is 6.31. The zero-order valence-electron chi connectivity index (χ0n) is 17.6. The van der Waals surface area contributed by atoms with Gasteiger partial charge >= 0.3 is 0 Å². The van der Waals surface area contributed by atoms with Crippen LogP contribution in [0.3, 0.4) is 0 Å². The van der Waals surface area contributed by atoms with Crippen molar-refractivity contribution in [3.63, 3.8) is 0 Å². The van der Waals surface area contributed by atoms with E-state index in [2.05, 4.69) is 22.1 Å². The number of ether oxygens (including phenoxy) is 1. The van der Waals surface area contributed by atoms with E-state index in [1.54, 1.807) is 36.5 Å². The first-order valence-corrected chi connectivity index (χ1v) is 11.2. The number of likely N-dealkylation sites (tertiary alicyclic amines) is 1. The van der Waals surface area contributed by atoms with Crippen LogP contribution >= 0.6 is 11.6 Å². The molecule has 1 N–H and O–H groups in total. The van der Waals surface area contributed by atoms with Gasteiger partial charge in [-0.25, -0.2) is 4.98 Å². The molecule has 0 spiro atoms. The molecular weight excluding hydrogens is 416 g/mol. The van der Waals surface area contributed by atoms with Gasteiger partial charge in [0.25, 0.3) is 5.91 Å². The lowest BCUT2D eigenvalue weighted by Gasteiger charge is -2.33. The Labute approximate surface area is 187 Å². The smallest absolute Gasteiger partial charge is 0.264 e. The molecule has 0 bridgehead atoms. The standard InChI is InChI=1S/C23H27ClN4O3/c1-16-6-2-3-12-27(16)13-5-11-25-21(29)15-28-19-14-17(24)8-9-20(19)31-22-18(23(28)30)7-4-10-26-22/h4,7-10,14,16H,2-3,5-6,11-13,15H2,1H3,(H,25,29). The third-order valence-electron chi connectivity index (χ3n) is 5.85. The number of aromatic nitrogens is 1. The van der Waals surface area contributed by atoms with Gasteiger partial charge in [-0.15, -0.1) is 0 Å². The topological polar surface area (TPSA) is 74.8 Å². The van der Waals surface area contributed by atoms with E-state index < -0.39 is 0 Å². The summed E-state index contributed by atoms with van der Waals surface area (Å²) in [4.78, 5) is 33.9. The molecule has 1 aromatic carbocycles. The summed E-state index contributed by atoms with van der Waals surface area (Å²) in [5, 5.41) is 3.40. The lowest BCUT2D eigenvalue weighted by atomic mass is 10.0. The molecule has 1 fully saturated rings. The van der Waals surface area contributed by atoms with Gasteiger partial charge in [0.1, 0.15) is 12.1 Å². The Morgan fingerprint density at radius 1 is 1.32 bits per heavy atom. The zero-order chi connectivity index (χ0) is 21.8. The maximum Gasteiger partial charge on any atom is 0.264 e. The Balaban J connectivity index is 1.42. The number of hydrogen-bond acceptors (Lipinski definition) is 5. The van der Waals surface area contributed by atoms with Crippen molar-refractivity contribution >= 4 is 29.1 Å². The summed E-state index contributed by atoms with van der Waals surface area (Å²) in [5.41, 5.74) is 0.759. The maximum atomic E-state index is 13.2. The summed E-state index contributed by atoms with van der Waals surface area (Å²) in [6.45, 7) is 4.81. The first kappa shape index (κ1) is 21.6. The minimum Gasteiger partial charge on any atom is -0.436 e. The van der Waals surface area contributed by atoms with Gasteiger partial charge < -0.3 is 15.0 Å². The Morgan fingerprint density at radius 2 is 2.19 bits per heavy atom. The van der Waals surface area contributed by atoms with E-state index in [0.29, 0.717) is 34.6 Å². The summed E-state index contributed by atoms with van der Waals surface area (Å²) < 4.78 is 5.85. The van der Waals surface area contributed by atoms with Crippen LogP contribution in [0.15, 0.2) is 36.5 Å². The van der Waals surface area contributed by atoms with Crippen LogP contribution in [0.4, 0.5) is 5.69 Å². The number of rotatable bonds is 6. The van der Waals surface area contributed by atoms with Gasteiger partial charge in [-0.1, -0.05) is 18.0 Å². The van der Waals surface area contributed by atoms with Crippen molar-refractivity contribution in [1.29, 1.82) is 0 Å². The molecule has 31 heavy (non-hydrogen) atoms. The average molecular weight is 443 g/mol. The predicted molar refractivity (Wildman–Crippen MR) is 120 cm³/mol. The molecule has 0 saturated carbocycles. The van der Waals surface area contributed by atoms with Crippen LogP contribution in [0, 0.1) is 0 Å². The Bertz CT molecular complexity index is 968. The third-order valence-corrected chi connectivity index (χ3v) is 6.09. The second kappa shape index (κ2) is 9.66. The highest BCUT2D eigenvalue weighted by Crippen LogP contribution is 2.39. The fourth-order valence-corrected chi connectivity index (χ4v) is 4.30. The number of fused-ring (bicyclic) bond motifs is 2. The van der Waals surface area contributed by atoms with Gasteiger partial charge in [-0.3, -0.25) is 14.5 Å². The van der Waals surface area contributed by atoms with Crippen LogP contribution < -0.4 is 15.0 Å². The number of carbonyl (C=O) groups excluding carboxylic acids is 2. The second-order valence-electron chi connectivity index (χ2n) is 8.05. The fraction of sp³-hybridized carbons (Fsp3) is 0.435. The minimum absolute atomic E-state index is 0.121. The molecule has 2 aliphatic rings. The number of carbonyl (C=O) groups is 2. The number of halogens is 1. The lowest BCUT2D eigenvalue weighted by Crippen LogP contribution is -2.42. The van der Waals surface area contributed by atoms with Gasteiger partial charge in [0.15, 0.2) is 5.75 Å². The predicted octanol–water partition coefficient (Wildman–Crippen LogP) is 3.87. The summed E-state index contributed by atoms with van der Waals surface area (Å²) in [6, 6.07) is 8.91. The van der Waals surface area contributed by atoms with Gasteiger partial charge in [-0.05, 0) is 63.1 Å². The number of nitrogens with zero attached hydrogens (tertiary/aromatic N) is 3. The van der Waals surface area contributed by atoms with E-state index in [1.165, 1.54) is 24.2 Å². The average Bonchev–Trinajstić information content (AvgIpc) is 2.87. The summed E-state index contributed by atoms with van der Waals surface area (Å²) in [5.74, 6) is 0.0800. The van der Waals surface area contributed by atoms with Crippen molar-refractivity contribution in [2.24, 2.45) is 0 Å². The van der Waals surface area contributed by atoms with Gasteiger partial charge in [-0.2, -0.15) is 0 Å². The fourth-order valence-electron chi connectivity index (χ4n) is 4.14. The largest absolute Gasteiger partial charge is 0.436 e. The van der Waals surface area contributed by atoms with E-state index >= 15 is 0 Å². The van der Waals surface area contributed by atoms with Gasteiger partial charge in [0.05, 0.1) is 5.69 Å². The van der Waals surface area contributed by atoms with Crippen LogP contribution in [0.1, 0.15) is 43.0 Å². The first-order chi connectivity index (χ1) is 15.0. The molecule has 1 atom stereocenters. The van der Waals surface area contributed by atoms with E-state index in [9.17, 15) is 9.59 Å². The van der Waals surface area contributed by atoms with Gasteiger partial charge in [0, 0.05) is 30.4 Å². The molecule has 0 radical (unpaired) electrons. The van der Waals surface area contributed by atoms with Gasteiger partial charge in [0.2, 0.25) is 11.8 Å². The summed E-state index contributed by atoms with van der Waals surface area (Å²) in [7, 11) is 0. The molecule has 1 unspecified atom stereocenters. The Kier molecular flexibility index (Phi) is 6.73. The zero-order valence-corrected chi connectivity index (χ0v) is 18.4. The van der Waals surface area contributed by atoms with Crippen molar-refractivity contribution < 1.29 is 14.3 Å². The molecule has 1 aromatic heterocycles. The molecule has 3 heterocycles. The lowest BCUT2D eigenvalue weighted by molar-refractivity contribution is -0.119. The van der Waals surface area contributed by atoms with Crippen molar-refractivity contribution in [3.05, 3.63) is 47.1 Å². The number of piperidine rings is 1. The van der Waals surface area contributed by atoms with Crippen molar-refractivity contribution in [2.45, 2.75) is 38.6 Å². The number of pyridine rings is 1. The van der Waals surface area contributed by atoms with Crippen LogP contribution in [0.5, 0.6) is 11.6 Å². The molecule has 2 aromatic rings. The molecular formula is C23H27ClN4O3. The first-order valence-electron chi connectivity index (χ1n) is 10.8. The molecule has 4 rings (SSSR count). The monoisotopic (exact) mass is 442 g/mol. The molecule has 7 nitrogen and oxygen atoms in total. The SMILES string of the molecule is CC1CCCCN1CCCNC(=O)CN1C(=O)c2cccnc2Oc2ccc(Cl)cc21. The van der Waals surface area contributed by atoms with E-state index in [0.717, 1.165) is 19.5 Å². The number of anilines is 1. The van der Waals surface area contributed by atoms with Crippen molar-refractivity contribution in [1.82, 2.24) is 15.2 Å². The third kappa shape index (κ3) is 4.99. The second-order valence-corrected chi connectivity index (χ2v) is 8.48. The Morgan fingerprint density at radius 3 is 3.03 bits per heavy atom. The van der Waals surface area contributed by atoms with Crippen molar-refractivity contribution in [3.8, 4) is 11.6 Å². The minimum atomic E-state index is -0.346. The number of benzene rings is 1. The van der Waals surface area contributed by atoms with E-state index in [4.69, 9.17) is 16.3 Å². The van der Waals surface area contributed by atoms with Crippen LogP contribution in [-0.4, -0.2) is 53.9 Å².